The fourth-order valence-electron chi connectivity index (χ4n) is 3.53. The average molecular weight is 507 g/mol. The molecule has 0 aliphatic heterocycles. The Morgan fingerprint density at radius 1 is 0.889 bits per heavy atom. The molecule has 0 fully saturated rings. The SMILES string of the molecule is CC(C)[C@H](NC(=O)[C@@H](C)CCCCN)C(=O)N[C@@H](CCCNC(N)=O)C(=O)Nc1ccc(CO)cc1. The van der Waals surface area contributed by atoms with E-state index in [-0.39, 0.29) is 37.3 Å². The van der Waals surface area contributed by atoms with Gasteiger partial charge >= 0.3 is 6.03 Å². The van der Waals surface area contributed by atoms with E-state index in [1.165, 1.54) is 0 Å². The number of aliphatic hydroxyl groups excluding tert-OH is 1. The van der Waals surface area contributed by atoms with Crippen molar-refractivity contribution in [3.63, 3.8) is 0 Å². The number of carbonyl (C=O) groups is 4. The molecule has 11 heteroatoms. The summed E-state index contributed by atoms with van der Waals surface area (Å²) in [5.74, 6) is -1.62. The second-order valence-corrected chi connectivity index (χ2v) is 9.25. The van der Waals surface area contributed by atoms with Crippen molar-refractivity contribution in [2.24, 2.45) is 23.3 Å². The molecule has 5 amide bonds. The predicted molar refractivity (Wildman–Crippen MR) is 139 cm³/mol. The summed E-state index contributed by atoms with van der Waals surface area (Å²) in [6.07, 6.45) is 2.95. The van der Waals surface area contributed by atoms with Gasteiger partial charge in [0.15, 0.2) is 0 Å². The number of aliphatic hydroxyl groups is 1. The van der Waals surface area contributed by atoms with Crippen molar-refractivity contribution in [2.45, 2.75) is 71.6 Å². The third-order valence-corrected chi connectivity index (χ3v) is 5.79. The highest BCUT2D eigenvalue weighted by atomic mass is 16.3. The molecule has 0 saturated carbocycles. The van der Waals surface area contributed by atoms with Crippen molar-refractivity contribution in [1.82, 2.24) is 16.0 Å². The van der Waals surface area contributed by atoms with Crippen LogP contribution in [0.2, 0.25) is 0 Å². The molecule has 202 valence electrons. The van der Waals surface area contributed by atoms with Crippen LogP contribution in [0.1, 0.15) is 58.4 Å². The summed E-state index contributed by atoms with van der Waals surface area (Å²) >= 11 is 0. The molecule has 0 aliphatic carbocycles. The van der Waals surface area contributed by atoms with Gasteiger partial charge in [-0.15, -0.1) is 0 Å². The minimum absolute atomic E-state index is 0.117. The highest BCUT2D eigenvalue weighted by Gasteiger charge is 2.29. The molecule has 9 N–H and O–H groups in total. The number of carbonyl (C=O) groups excluding carboxylic acids is 4. The van der Waals surface area contributed by atoms with Crippen LogP contribution in [0, 0.1) is 11.8 Å². The molecule has 0 aliphatic rings. The minimum Gasteiger partial charge on any atom is -0.392 e. The molecule has 0 spiro atoms. The Labute approximate surface area is 213 Å². The van der Waals surface area contributed by atoms with Crippen LogP contribution in [-0.2, 0) is 21.0 Å². The van der Waals surface area contributed by atoms with Crippen molar-refractivity contribution >= 4 is 29.4 Å². The molecule has 0 heterocycles. The first-order valence-electron chi connectivity index (χ1n) is 12.4. The van der Waals surface area contributed by atoms with E-state index in [1.807, 2.05) is 20.8 Å². The van der Waals surface area contributed by atoms with Gasteiger partial charge in [-0.3, -0.25) is 14.4 Å². The fraction of sp³-hybridized carbons (Fsp3) is 0.600. The van der Waals surface area contributed by atoms with Gasteiger partial charge in [0.05, 0.1) is 6.61 Å². The van der Waals surface area contributed by atoms with Crippen LogP contribution < -0.4 is 32.7 Å². The number of hydrogen-bond donors (Lipinski definition) is 7. The van der Waals surface area contributed by atoms with Gasteiger partial charge in [-0.05, 0) is 55.8 Å². The van der Waals surface area contributed by atoms with E-state index < -0.39 is 29.9 Å². The number of unbranched alkanes of at least 4 members (excludes halogenated alkanes) is 1. The Balaban J connectivity index is 2.89. The van der Waals surface area contributed by atoms with Crippen LogP contribution in [0.3, 0.4) is 0 Å². The number of rotatable bonds is 16. The lowest BCUT2D eigenvalue weighted by molar-refractivity contribution is -0.133. The molecule has 1 rings (SSSR count). The number of nitrogens with one attached hydrogen (secondary N) is 4. The van der Waals surface area contributed by atoms with E-state index in [0.717, 1.165) is 12.8 Å². The van der Waals surface area contributed by atoms with E-state index in [4.69, 9.17) is 11.5 Å². The third-order valence-electron chi connectivity index (χ3n) is 5.79. The van der Waals surface area contributed by atoms with Crippen LogP contribution in [0.15, 0.2) is 24.3 Å². The van der Waals surface area contributed by atoms with E-state index >= 15 is 0 Å². The lowest BCUT2D eigenvalue weighted by Crippen LogP contribution is -2.55. The lowest BCUT2D eigenvalue weighted by atomic mass is 9.99. The number of nitrogens with two attached hydrogens (primary N) is 2. The molecule has 0 bridgehead atoms. The third kappa shape index (κ3) is 11.5. The first-order valence-corrected chi connectivity index (χ1v) is 12.4. The predicted octanol–water partition coefficient (Wildman–Crippen LogP) is 0.957. The zero-order chi connectivity index (χ0) is 27.1. The largest absolute Gasteiger partial charge is 0.392 e. The second kappa shape index (κ2) is 16.5. The first-order chi connectivity index (χ1) is 17.1. The normalized spacial score (nSPS) is 13.4. The van der Waals surface area contributed by atoms with Gasteiger partial charge in [0.2, 0.25) is 17.7 Å². The zero-order valence-corrected chi connectivity index (χ0v) is 21.5. The van der Waals surface area contributed by atoms with Crippen LogP contribution in [0.5, 0.6) is 0 Å². The molecule has 11 nitrogen and oxygen atoms in total. The minimum atomic E-state index is -0.912. The maximum absolute atomic E-state index is 13.2. The zero-order valence-electron chi connectivity index (χ0n) is 21.5. The molecule has 0 aromatic heterocycles. The van der Waals surface area contributed by atoms with Crippen molar-refractivity contribution in [2.75, 3.05) is 18.4 Å². The Morgan fingerprint density at radius 2 is 1.56 bits per heavy atom. The number of hydrogen-bond acceptors (Lipinski definition) is 6. The van der Waals surface area contributed by atoms with Crippen molar-refractivity contribution in [3.8, 4) is 0 Å². The fourth-order valence-corrected chi connectivity index (χ4v) is 3.53. The van der Waals surface area contributed by atoms with E-state index in [1.54, 1.807) is 24.3 Å². The highest BCUT2D eigenvalue weighted by molar-refractivity contribution is 5.98. The molecule has 1 aromatic rings. The highest BCUT2D eigenvalue weighted by Crippen LogP contribution is 2.13. The quantitative estimate of drug-likeness (QED) is 0.163. The molecule has 0 saturated heterocycles. The topological polar surface area (TPSA) is 189 Å². The Morgan fingerprint density at radius 3 is 2.11 bits per heavy atom. The smallest absolute Gasteiger partial charge is 0.312 e. The molecule has 0 radical (unpaired) electrons. The van der Waals surface area contributed by atoms with Crippen molar-refractivity contribution in [1.29, 1.82) is 0 Å². The van der Waals surface area contributed by atoms with Crippen molar-refractivity contribution in [3.05, 3.63) is 29.8 Å². The average Bonchev–Trinajstić information content (AvgIpc) is 2.84. The summed E-state index contributed by atoms with van der Waals surface area (Å²) in [5, 5.41) is 20.0. The van der Waals surface area contributed by atoms with E-state index in [9.17, 15) is 24.3 Å². The van der Waals surface area contributed by atoms with Gasteiger partial charge in [0.1, 0.15) is 12.1 Å². The number of anilines is 1. The molecule has 36 heavy (non-hydrogen) atoms. The number of amides is 5. The van der Waals surface area contributed by atoms with E-state index in [2.05, 4.69) is 21.3 Å². The molecular weight excluding hydrogens is 464 g/mol. The second-order valence-electron chi connectivity index (χ2n) is 9.25. The number of benzene rings is 1. The van der Waals surface area contributed by atoms with Gasteiger partial charge < -0.3 is 37.8 Å². The maximum atomic E-state index is 13.2. The van der Waals surface area contributed by atoms with Gasteiger partial charge in [-0.1, -0.05) is 39.3 Å². The van der Waals surface area contributed by atoms with Crippen LogP contribution in [0.4, 0.5) is 10.5 Å². The number of primary amides is 1. The molecule has 3 atom stereocenters. The molecule has 0 unspecified atom stereocenters. The van der Waals surface area contributed by atoms with Gasteiger partial charge in [0, 0.05) is 18.2 Å². The lowest BCUT2D eigenvalue weighted by Gasteiger charge is -2.26. The number of urea groups is 1. The Bertz CT molecular complexity index is 846. The van der Waals surface area contributed by atoms with Crippen molar-refractivity contribution < 1.29 is 24.3 Å². The molecule has 1 aromatic carbocycles. The molecular formula is C25H42N6O5. The summed E-state index contributed by atoms with van der Waals surface area (Å²) < 4.78 is 0. The maximum Gasteiger partial charge on any atom is 0.312 e. The van der Waals surface area contributed by atoms with E-state index in [0.29, 0.717) is 30.6 Å². The summed E-state index contributed by atoms with van der Waals surface area (Å²) in [6.45, 7) is 6.13. The Kier molecular flexibility index (Phi) is 14.1. The summed E-state index contributed by atoms with van der Waals surface area (Å²) in [7, 11) is 0. The van der Waals surface area contributed by atoms with Crippen LogP contribution >= 0.6 is 0 Å². The monoisotopic (exact) mass is 506 g/mol. The summed E-state index contributed by atoms with van der Waals surface area (Å²) in [6, 6.07) is 4.26. The van der Waals surface area contributed by atoms with Gasteiger partial charge in [-0.2, -0.15) is 0 Å². The van der Waals surface area contributed by atoms with Crippen LogP contribution in [-0.4, -0.2) is 54.0 Å². The van der Waals surface area contributed by atoms with Gasteiger partial charge in [0.25, 0.3) is 0 Å². The summed E-state index contributed by atoms with van der Waals surface area (Å²) in [5.41, 5.74) is 11.8. The van der Waals surface area contributed by atoms with Gasteiger partial charge in [-0.25, -0.2) is 4.79 Å². The standard InChI is InChI=1S/C25H42N6O5/c1-16(2)21(31-22(33)17(3)7-4-5-13-26)24(35)30-20(8-6-14-28-25(27)36)23(34)29-19-11-9-18(15-32)10-12-19/h9-12,16-17,20-21,32H,4-8,13-15,26H2,1-3H3,(H,29,34)(H,30,35)(H,31,33)(H3,27,28,36)/t17-,20-,21-/m0/s1. The first kappa shape index (κ1) is 30.9. The summed E-state index contributed by atoms with van der Waals surface area (Å²) in [4.78, 5) is 49.8. The van der Waals surface area contributed by atoms with Crippen LogP contribution in [0.25, 0.3) is 0 Å². The Hall–Kier alpha value is -3.18.